The van der Waals surface area contributed by atoms with Crippen molar-refractivity contribution in [1.29, 1.82) is 0 Å². The zero-order chi connectivity index (χ0) is 12.8. The van der Waals surface area contributed by atoms with Crippen LogP contribution in [0.25, 0.3) is 0 Å². The molecule has 18 heavy (non-hydrogen) atoms. The molecule has 1 heterocycles. The molecule has 1 saturated carbocycles. The van der Waals surface area contributed by atoms with Crippen LogP contribution in [0.4, 0.5) is 8.78 Å². The molecule has 98 valence electrons. The van der Waals surface area contributed by atoms with E-state index >= 15 is 0 Å². The summed E-state index contributed by atoms with van der Waals surface area (Å²) in [5, 5.41) is 0. The zero-order valence-electron chi connectivity index (χ0n) is 9.31. The number of rotatable bonds is 3. The van der Waals surface area contributed by atoms with Crippen LogP contribution < -0.4 is 4.74 Å². The Balaban J connectivity index is 1.51. The third-order valence-electron chi connectivity index (χ3n) is 2.97. The van der Waals surface area contributed by atoms with E-state index in [9.17, 15) is 8.78 Å². The molecule has 0 N–H and O–H groups in total. The molecule has 0 spiro atoms. The summed E-state index contributed by atoms with van der Waals surface area (Å²) in [4.78, 5) is 0. The van der Waals surface area contributed by atoms with Crippen molar-refractivity contribution < 1.29 is 23.0 Å². The molecule has 1 aromatic carbocycles. The van der Waals surface area contributed by atoms with E-state index in [-0.39, 0.29) is 13.2 Å². The van der Waals surface area contributed by atoms with E-state index in [1.807, 2.05) is 12.1 Å². The summed E-state index contributed by atoms with van der Waals surface area (Å²) in [6.07, 6.45) is -2.59. The highest BCUT2D eigenvalue weighted by Crippen LogP contribution is 2.49. The van der Waals surface area contributed by atoms with Gasteiger partial charge in [0.2, 0.25) is 0 Å². The Bertz CT molecular complexity index is 437. The minimum absolute atomic E-state index is 0.146. The maximum atomic E-state index is 13.0. The van der Waals surface area contributed by atoms with Gasteiger partial charge in [0.05, 0.1) is 6.61 Å². The van der Waals surface area contributed by atoms with Gasteiger partial charge in [-0.1, -0.05) is 15.9 Å². The summed E-state index contributed by atoms with van der Waals surface area (Å²) in [5.74, 6) is -2.15. The molecule has 1 aromatic rings. The molecule has 2 fully saturated rings. The van der Waals surface area contributed by atoms with Crippen LogP contribution in [0.3, 0.4) is 0 Å². The maximum Gasteiger partial charge on any atom is 0.304 e. The summed E-state index contributed by atoms with van der Waals surface area (Å²) >= 11 is 3.32. The number of hydrogen-bond donors (Lipinski definition) is 0. The first-order valence-corrected chi connectivity index (χ1v) is 6.40. The lowest BCUT2D eigenvalue weighted by Gasteiger charge is -2.21. The second-order valence-electron chi connectivity index (χ2n) is 4.37. The second kappa shape index (κ2) is 4.43. The van der Waals surface area contributed by atoms with Crippen LogP contribution in [-0.4, -0.2) is 37.4 Å². The fourth-order valence-corrected chi connectivity index (χ4v) is 2.16. The zero-order valence-corrected chi connectivity index (χ0v) is 10.9. The van der Waals surface area contributed by atoms with Crippen molar-refractivity contribution >= 4 is 15.9 Å². The van der Waals surface area contributed by atoms with Gasteiger partial charge in [0.25, 0.3) is 0 Å². The minimum atomic E-state index is -2.83. The highest BCUT2D eigenvalue weighted by atomic mass is 79.9. The van der Waals surface area contributed by atoms with E-state index < -0.39 is 24.2 Å². The molecule has 6 heteroatoms. The van der Waals surface area contributed by atoms with E-state index in [1.165, 1.54) is 0 Å². The monoisotopic (exact) mass is 320 g/mol. The Morgan fingerprint density at radius 3 is 2.67 bits per heavy atom. The first kappa shape index (κ1) is 12.3. The van der Waals surface area contributed by atoms with E-state index in [4.69, 9.17) is 14.2 Å². The molecule has 2 aliphatic rings. The van der Waals surface area contributed by atoms with Crippen molar-refractivity contribution in [3.63, 3.8) is 0 Å². The van der Waals surface area contributed by atoms with E-state index in [0.717, 1.165) is 4.47 Å². The van der Waals surface area contributed by atoms with Crippen molar-refractivity contribution in [2.45, 2.75) is 24.2 Å². The molecule has 3 unspecified atom stereocenters. The number of alkyl halides is 2. The summed E-state index contributed by atoms with van der Waals surface area (Å²) in [6.45, 7) is 0.355. The van der Waals surface area contributed by atoms with Crippen molar-refractivity contribution in [1.82, 2.24) is 0 Å². The van der Waals surface area contributed by atoms with Gasteiger partial charge >= 0.3 is 5.92 Å². The predicted octanol–water partition coefficient (Wildman–Crippen LogP) is 2.63. The molecule has 3 rings (SSSR count). The standard InChI is InChI=1S/C12H11BrF2O3/c13-7-1-3-8(4-2-7)16-5-9-6-17-10-11(18-9)12(10,14)15/h1-4,9-11H,5-6H2. The second-order valence-corrected chi connectivity index (χ2v) is 5.29. The number of ether oxygens (including phenoxy) is 3. The van der Waals surface area contributed by atoms with Gasteiger partial charge in [0, 0.05) is 4.47 Å². The van der Waals surface area contributed by atoms with Crippen LogP contribution in [0.1, 0.15) is 0 Å². The van der Waals surface area contributed by atoms with Gasteiger partial charge in [-0.3, -0.25) is 0 Å². The number of halogens is 3. The fourth-order valence-electron chi connectivity index (χ4n) is 1.90. The van der Waals surface area contributed by atoms with Crippen molar-refractivity contribution in [2.24, 2.45) is 0 Å². The highest BCUT2D eigenvalue weighted by Gasteiger charge is 2.73. The lowest BCUT2D eigenvalue weighted by atomic mass is 10.3. The topological polar surface area (TPSA) is 27.7 Å². The number of fused-ring (bicyclic) bond motifs is 1. The van der Waals surface area contributed by atoms with E-state index in [0.29, 0.717) is 5.75 Å². The lowest BCUT2D eigenvalue weighted by Crippen LogP contribution is -2.33. The molecule has 0 bridgehead atoms. The average molecular weight is 321 g/mol. The SMILES string of the molecule is FC1(F)C2OCC(COc3ccc(Br)cc3)OC21. The van der Waals surface area contributed by atoms with Crippen LogP contribution in [-0.2, 0) is 9.47 Å². The molecule has 0 aromatic heterocycles. The average Bonchev–Trinajstić information content (AvgIpc) is 2.91. The highest BCUT2D eigenvalue weighted by molar-refractivity contribution is 9.10. The Hall–Kier alpha value is -0.720. The lowest BCUT2D eigenvalue weighted by molar-refractivity contribution is -0.106. The van der Waals surface area contributed by atoms with Gasteiger partial charge in [-0.2, -0.15) is 0 Å². The van der Waals surface area contributed by atoms with E-state index in [2.05, 4.69) is 15.9 Å². The van der Waals surface area contributed by atoms with Crippen molar-refractivity contribution in [3.8, 4) is 5.75 Å². The van der Waals surface area contributed by atoms with Crippen LogP contribution >= 0.6 is 15.9 Å². The number of benzene rings is 1. The molecule has 1 aliphatic carbocycles. The van der Waals surface area contributed by atoms with Crippen LogP contribution in [0.5, 0.6) is 5.75 Å². The Labute approximate surface area is 111 Å². The third-order valence-corrected chi connectivity index (χ3v) is 3.50. The Morgan fingerprint density at radius 2 is 2.00 bits per heavy atom. The third kappa shape index (κ3) is 2.24. The summed E-state index contributed by atoms with van der Waals surface area (Å²) in [5.41, 5.74) is 0. The van der Waals surface area contributed by atoms with Crippen LogP contribution in [0.15, 0.2) is 28.7 Å². The van der Waals surface area contributed by atoms with Gasteiger partial charge in [-0.15, -0.1) is 0 Å². The summed E-state index contributed by atoms with van der Waals surface area (Å²) in [6, 6.07) is 7.28. The number of hydrogen-bond acceptors (Lipinski definition) is 3. The fraction of sp³-hybridized carbons (Fsp3) is 0.500. The maximum absolute atomic E-state index is 13.0. The Kier molecular flexibility index (Phi) is 3.03. The van der Waals surface area contributed by atoms with Gasteiger partial charge in [0.15, 0.2) is 12.2 Å². The molecule has 3 nitrogen and oxygen atoms in total. The molecule has 0 amide bonds. The van der Waals surface area contributed by atoms with Crippen LogP contribution in [0, 0.1) is 0 Å². The smallest absolute Gasteiger partial charge is 0.304 e. The van der Waals surface area contributed by atoms with Gasteiger partial charge < -0.3 is 14.2 Å². The van der Waals surface area contributed by atoms with Crippen LogP contribution in [0.2, 0.25) is 0 Å². The molecular formula is C12H11BrF2O3. The normalized spacial score (nSPS) is 32.7. The largest absolute Gasteiger partial charge is 0.491 e. The summed E-state index contributed by atoms with van der Waals surface area (Å²) < 4.78 is 42.6. The molecule has 3 atom stereocenters. The first-order chi connectivity index (χ1) is 8.57. The summed E-state index contributed by atoms with van der Waals surface area (Å²) in [7, 11) is 0. The molecule has 1 aliphatic heterocycles. The van der Waals surface area contributed by atoms with Gasteiger partial charge in [-0.05, 0) is 24.3 Å². The predicted molar refractivity (Wildman–Crippen MR) is 63.0 cm³/mol. The molecular weight excluding hydrogens is 310 g/mol. The Morgan fingerprint density at radius 1 is 1.28 bits per heavy atom. The van der Waals surface area contributed by atoms with Crippen molar-refractivity contribution in [2.75, 3.05) is 13.2 Å². The van der Waals surface area contributed by atoms with E-state index in [1.54, 1.807) is 12.1 Å². The molecule has 1 saturated heterocycles. The van der Waals surface area contributed by atoms with Gasteiger partial charge in [-0.25, -0.2) is 8.78 Å². The van der Waals surface area contributed by atoms with Crippen molar-refractivity contribution in [3.05, 3.63) is 28.7 Å². The quantitative estimate of drug-likeness (QED) is 0.857. The first-order valence-electron chi connectivity index (χ1n) is 5.60. The molecule has 0 radical (unpaired) electrons. The van der Waals surface area contributed by atoms with Gasteiger partial charge in [0.1, 0.15) is 18.5 Å². The minimum Gasteiger partial charge on any atom is -0.491 e.